The predicted molar refractivity (Wildman–Crippen MR) is 95.2 cm³/mol. The lowest BCUT2D eigenvalue weighted by Gasteiger charge is -2.32. The number of nitrogens with zero attached hydrogens (tertiary/aromatic N) is 1. The van der Waals surface area contributed by atoms with Gasteiger partial charge in [0.05, 0.1) is 0 Å². The number of fused-ring (bicyclic) bond motifs is 1. The van der Waals surface area contributed by atoms with E-state index in [0.717, 1.165) is 0 Å². The Bertz CT molecular complexity index is 901. The monoisotopic (exact) mass is 379 g/mol. The van der Waals surface area contributed by atoms with E-state index in [2.05, 4.69) is 18.1 Å². The SMILES string of the molecule is C=C(CCC(=C)c1ncccc1F)c1ccc2c(c1)CC(F)(F)C(F)(F)C2. The van der Waals surface area contributed by atoms with Gasteiger partial charge in [0.2, 0.25) is 0 Å². The van der Waals surface area contributed by atoms with Crippen molar-refractivity contribution < 1.29 is 22.0 Å². The molecule has 1 nitrogen and oxygen atoms in total. The molecule has 6 heteroatoms. The number of alkyl halides is 4. The molecule has 0 unspecified atom stereocenters. The zero-order valence-corrected chi connectivity index (χ0v) is 14.5. The molecule has 0 fully saturated rings. The zero-order chi connectivity index (χ0) is 19.8. The van der Waals surface area contributed by atoms with Crippen LogP contribution in [0.2, 0.25) is 0 Å². The third-order valence-electron chi connectivity index (χ3n) is 4.80. The molecule has 0 saturated heterocycles. The van der Waals surface area contributed by atoms with Gasteiger partial charge in [-0.25, -0.2) is 4.39 Å². The number of pyridine rings is 1. The molecule has 0 aliphatic heterocycles. The number of hydrogen-bond donors (Lipinski definition) is 0. The van der Waals surface area contributed by atoms with E-state index in [0.29, 0.717) is 29.6 Å². The molecular weight excluding hydrogens is 361 g/mol. The van der Waals surface area contributed by atoms with Gasteiger partial charge in [-0.2, -0.15) is 17.6 Å². The van der Waals surface area contributed by atoms with Crippen LogP contribution in [0.3, 0.4) is 0 Å². The predicted octanol–water partition coefficient (Wildman–Crippen LogP) is 6.10. The molecule has 0 saturated carbocycles. The summed E-state index contributed by atoms with van der Waals surface area (Å²) in [4.78, 5) is 3.96. The van der Waals surface area contributed by atoms with Crippen molar-refractivity contribution in [2.45, 2.75) is 37.5 Å². The molecule has 1 aromatic heterocycles. The van der Waals surface area contributed by atoms with E-state index in [1.165, 1.54) is 30.5 Å². The second kappa shape index (κ2) is 6.91. The van der Waals surface area contributed by atoms with Crippen LogP contribution in [-0.4, -0.2) is 16.8 Å². The van der Waals surface area contributed by atoms with Crippen molar-refractivity contribution in [3.8, 4) is 0 Å². The van der Waals surface area contributed by atoms with E-state index < -0.39 is 30.5 Å². The molecule has 27 heavy (non-hydrogen) atoms. The smallest absolute Gasteiger partial charge is 0.254 e. The van der Waals surface area contributed by atoms with Crippen molar-refractivity contribution in [2.75, 3.05) is 0 Å². The van der Waals surface area contributed by atoms with Crippen LogP contribution in [-0.2, 0) is 12.8 Å². The van der Waals surface area contributed by atoms with Crippen molar-refractivity contribution in [2.24, 2.45) is 0 Å². The van der Waals surface area contributed by atoms with Crippen molar-refractivity contribution in [1.82, 2.24) is 4.98 Å². The van der Waals surface area contributed by atoms with Crippen LogP contribution in [0.15, 0.2) is 49.7 Å². The molecule has 0 radical (unpaired) electrons. The fourth-order valence-corrected chi connectivity index (χ4v) is 3.13. The summed E-state index contributed by atoms with van der Waals surface area (Å²) in [6.45, 7) is 7.77. The van der Waals surface area contributed by atoms with E-state index in [1.807, 2.05) is 0 Å². The number of hydrogen-bond acceptors (Lipinski definition) is 1. The Hall–Kier alpha value is -2.50. The highest BCUT2D eigenvalue weighted by Gasteiger charge is 2.58. The largest absolute Gasteiger partial charge is 0.314 e. The topological polar surface area (TPSA) is 12.9 Å². The zero-order valence-electron chi connectivity index (χ0n) is 14.5. The molecule has 2 aromatic rings. The minimum Gasteiger partial charge on any atom is -0.254 e. The van der Waals surface area contributed by atoms with E-state index in [9.17, 15) is 22.0 Å². The van der Waals surface area contributed by atoms with Crippen LogP contribution in [0.4, 0.5) is 22.0 Å². The van der Waals surface area contributed by atoms with Gasteiger partial charge in [-0.1, -0.05) is 31.4 Å². The minimum atomic E-state index is -4.06. The maximum Gasteiger partial charge on any atom is 0.314 e. The molecule has 0 bridgehead atoms. The van der Waals surface area contributed by atoms with Crippen LogP contribution in [0.5, 0.6) is 0 Å². The highest BCUT2D eigenvalue weighted by Crippen LogP contribution is 2.44. The first-order chi connectivity index (χ1) is 12.6. The molecule has 0 N–H and O–H groups in total. The van der Waals surface area contributed by atoms with Crippen LogP contribution in [0, 0.1) is 5.82 Å². The molecule has 1 heterocycles. The van der Waals surface area contributed by atoms with Gasteiger partial charge in [0.1, 0.15) is 11.5 Å². The third kappa shape index (κ3) is 3.80. The highest BCUT2D eigenvalue weighted by atomic mass is 19.3. The summed E-state index contributed by atoms with van der Waals surface area (Å²) >= 11 is 0. The lowest BCUT2D eigenvalue weighted by Crippen LogP contribution is -2.47. The number of benzene rings is 1. The summed E-state index contributed by atoms with van der Waals surface area (Å²) in [6.07, 6.45) is 0.302. The molecule has 0 spiro atoms. The van der Waals surface area contributed by atoms with Crippen molar-refractivity contribution >= 4 is 11.1 Å². The molecule has 1 aliphatic carbocycles. The van der Waals surface area contributed by atoms with E-state index >= 15 is 0 Å². The number of rotatable bonds is 5. The van der Waals surface area contributed by atoms with Gasteiger partial charge in [0.15, 0.2) is 0 Å². The average Bonchev–Trinajstić information content (AvgIpc) is 2.60. The lowest BCUT2D eigenvalue weighted by atomic mass is 9.84. The lowest BCUT2D eigenvalue weighted by molar-refractivity contribution is -0.211. The van der Waals surface area contributed by atoms with Crippen molar-refractivity contribution in [3.05, 3.63) is 77.9 Å². The van der Waals surface area contributed by atoms with Gasteiger partial charge in [-0.3, -0.25) is 4.98 Å². The van der Waals surface area contributed by atoms with Gasteiger partial charge in [0.25, 0.3) is 0 Å². The van der Waals surface area contributed by atoms with Crippen LogP contribution in [0.1, 0.15) is 35.2 Å². The standard InChI is InChI=1S/C21H18F5N/c1-13(5-6-14(2)19-18(22)4-3-9-27-19)15-7-8-16-11-20(23,24)21(25,26)12-17(16)10-15/h3-4,7-10H,1-2,5-6,11-12H2. The number of aromatic nitrogens is 1. The molecular formula is C21H18F5N. The van der Waals surface area contributed by atoms with Gasteiger partial charge in [-0.15, -0.1) is 0 Å². The van der Waals surface area contributed by atoms with Crippen LogP contribution >= 0.6 is 0 Å². The summed E-state index contributed by atoms with van der Waals surface area (Å²) in [6, 6.07) is 7.32. The Labute approximate surface area is 154 Å². The van der Waals surface area contributed by atoms with Gasteiger partial charge in [-0.05, 0) is 52.8 Å². The van der Waals surface area contributed by atoms with E-state index in [1.54, 1.807) is 6.07 Å². The molecule has 1 aliphatic rings. The molecule has 0 atom stereocenters. The average molecular weight is 379 g/mol. The van der Waals surface area contributed by atoms with Gasteiger partial charge >= 0.3 is 11.8 Å². The maximum atomic E-state index is 13.7. The molecule has 142 valence electrons. The second-order valence-electron chi connectivity index (χ2n) is 6.79. The summed E-state index contributed by atoms with van der Waals surface area (Å²) in [5, 5.41) is 0. The minimum absolute atomic E-state index is 0.178. The first-order valence-corrected chi connectivity index (χ1v) is 8.45. The summed E-state index contributed by atoms with van der Waals surface area (Å²) in [5.74, 6) is -8.57. The number of allylic oxidation sites excluding steroid dienone is 2. The van der Waals surface area contributed by atoms with Crippen LogP contribution < -0.4 is 0 Å². The molecule has 3 rings (SSSR count). The number of halogens is 5. The molecule has 0 amide bonds. The first kappa shape index (κ1) is 19.3. The fourth-order valence-electron chi connectivity index (χ4n) is 3.13. The fraction of sp³-hybridized carbons (Fsp3) is 0.286. The first-order valence-electron chi connectivity index (χ1n) is 8.45. The Kier molecular flexibility index (Phi) is 4.93. The second-order valence-corrected chi connectivity index (χ2v) is 6.79. The summed E-state index contributed by atoms with van der Waals surface area (Å²) in [5.41, 5.74) is 2.35. The van der Waals surface area contributed by atoms with Crippen molar-refractivity contribution in [1.29, 1.82) is 0 Å². The Morgan fingerprint density at radius 1 is 0.926 bits per heavy atom. The van der Waals surface area contributed by atoms with Gasteiger partial charge < -0.3 is 0 Å². The highest BCUT2D eigenvalue weighted by molar-refractivity contribution is 5.68. The summed E-state index contributed by atoms with van der Waals surface area (Å²) < 4.78 is 68.0. The van der Waals surface area contributed by atoms with E-state index in [-0.39, 0.29) is 16.8 Å². The van der Waals surface area contributed by atoms with Crippen molar-refractivity contribution in [3.63, 3.8) is 0 Å². The van der Waals surface area contributed by atoms with Crippen LogP contribution in [0.25, 0.3) is 11.1 Å². The quantitative estimate of drug-likeness (QED) is 0.572. The summed E-state index contributed by atoms with van der Waals surface area (Å²) in [7, 11) is 0. The Morgan fingerprint density at radius 2 is 1.56 bits per heavy atom. The molecule has 1 aromatic carbocycles. The van der Waals surface area contributed by atoms with Gasteiger partial charge in [0, 0.05) is 19.0 Å². The Balaban J connectivity index is 1.72. The Morgan fingerprint density at radius 3 is 2.22 bits per heavy atom. The van der Waals surface area contributed by atoms with E-state index in [4.69, 9.17) is 0 Å². The maximum absolute atomic E-state index is 13.7. The normalized spacial score (nSPS) is 17.2. The third-order valence-corrected chi connectivity index (χ3v) is 4.80.